The van der Waals surface area contributed by atoms with Crippen molar-refractivity contribution < 1.29 is 0 Å². The Bertz CT molecular complexity index is 770. The van der Waals surface area contributed by atoms with E-state index in [0.29, 0.717) is 11.7 Å². The molecule has 2 atom stereocenters. The van der Waals surface area contributed by atoms with Crippen LogP contribution in [-0.2, 0) is 5.54 Å². The number of hydrogen-bond acceptors (Lipinski definition) is 6. The Morgan fingerprint density at radius 3 is 2.69 bits per heavy atom. The maximum Gasteiger partial charge on any atom is 0.229 e. The van der Waals surface area contributed by atoms with Crippen LogP contribution < -0.4 is 16.0 Å². The van der Waals surface area contributed by atoms with E-state index >= 15 is 0 Å². The molecule has 2 saturated heterocycles. The first-order valence-corrected chi connectivity index (χ1v) is 9.91. The van der Waals surface area contributed by atoms with Crippen molar-refractivity contribution in [3.8, 4) is 0 Å². The third-order valence-corrected chi connectivity index (χ3v) is 5.82. The van der Waals surface area contributed by atoms with Crippen molar-refractivity contribution >= 4 is 22.8 Å². The van der Waals surface area contributed by atoms with Crippen LogP contribution in [0.3, 0.4) is 0 Å². The van der Waals surface area contributed by atoms with Crippen LogP contribution in [-0.4, -0.2) is 45.9 Å². The maximum absolute atomic E-state index is 6.26. The molecule has 2 aromatic rings. The molecule has 142 valence electrons. The summed E-state index contributed by atoms with van der Waals surface area (Å²) in [5.41, 5.74) is 6.95. The van der Waals surface area contributed by atoms with Gasteiger partial charge in [0.15, 0.2) is 5.65 Å². The van der Waals surface area contributed by atoms with E-state index in [1.165, 1.54) is 32.2 Å². The summed E-state index contributed by atoms with van der Waals surface area (Å²) in [7, 11) is 0. The van der Waals surface area contributed by atoms with Crippen molar-refractivity contribution in [2.75, 3.05) is 36.8 Å². The maximum atomic E-state index is 6.26. The monoisotopic (exact) mass is 357 g/mol. The smallest absolute Gasteiger partial charge is 0.229 e. The second-order valence-electron chi connectivity index (χ2n) is 8.83. The van der Waals surface area contributed by atoms with Crippen molar-refractivity contribution in [2.24, 2.45) is 11.8 Å². The molecule has 2 aliphatic heterocycles. The SMILES string of the molecule is CC(C)(C)n1ncc2c(N)nc(N3CCCC(C4CCCNC4)C3)nc21. The van der Waals surface area contributed by atoms with E-state index in [2.05, 4.69) is 41.1 Å². The molecule has 0 aliphatic carbocycles. The van der Waals surface area contributed by atoms with Crippen LogP contribution in [0, 0.1) is 11.8 Å². The summed E-state index contributed by atoms with van der Waals surface area (Å²) in [5, 5.41) is 8.91. The molecular formula is C19H31N7. The molecule has 4 rings (SSSR count). The summed E-state index contributed by atoms with van der Waals surface area (Å²) in [5.74, 6) is 2.77. The number of piperidine rings is 2. The molecule has 0 aromatic carbocycles. The predicted molar refractivity (Wildman–Crippen MR) is 105 cm³/mol. The number of nitrogens with one attached hydrogen (secondary N) is 1. The van der Waals surface area contributed by atoms with Gasteiger partial charge < -0.3 is 16.0 Å². The molecular weight excluding hydrogens is 326 g/mol. The molecule has 0 bridgehead atoms. The first-order chi connectivity index (χ1) is 12.4. The molecule has 4 heterocycles. The highest BCUT2D eigenvalue weighted by Crippen LogP contribution is 2.31. The van der Waals surface area contributed by atoms with Crippen molar-refractivity contribution in [2.45, 2.75) is 52.0 Å². The van der Waals surface area contributed by atoms with Gasteiger partial charge in [0, 0.05) is 13.1 Å². The standard InChI is InChI=1S/C19H31N7/c1-19(2,3)26-17-15(11-22-26)16(20)23-18(24-17)25-9-5-7-14(12-25)13-6-4-8-21-10-13/h11,13-14,21H,4-10,12H2,1-3H3,(H2,20,23,24). The third kappa shape index (κ3) is 3.24. The zero-order chi connectivity index (χ0) is 18.3. The number of rotatable bonds is 2. The zero-order valence-corrected chi connectivity index (χ0v) is 16.2. The predicted octanol–water partition coefficient (Wildman–Crippen LogP) is 2.38. The molecule has 7 nitrogen and oxygen atoms in total. The van der Waals surface area contributed by atoms with Gasteiger partial charge in [-0.05, 0) is 71.4 Å². The molecule has 0 radical (unpaired) electrons. The number of anilines is 2. The Balaban J connectivity index is 1.63. The van der Waals surface area contributed by atoms with Crippen LogP contribution in [0.4, 0.5) is 11.8 Å². The van der Waals surface area contributed by atoms with Crippen LogP contribution >= 0.6 is 0 Å². The van der Waals surface area contributed by atoms with Gasteiger partial charge in [-0.25, -0.2) is 4.68 Å². The van der Waals surface area contributed by atoms with E-state index in [4.69, 9.17) is 10.7 Å². The third-order valence-electron chi connectivity index (χ3n) is 5.82. The highest BCUT2D eigenvalue weighted by molar-refractivity contribution is 5.86. The lowest BCUT2D eigenvalue weighted by molar-refractivity contribution is 0.233. The minimum absolute atomic E-state index is 0.141. The Hall–Kier alpha value is -1.89. The van der Waals surface area contributed by atoms with Gasteiger partial charge in [-0.15, -0.1) is 0 Å². The molecule has 2 aliphatic rings. The van der Waals surface area contributed by atoms with Crippen LogP contribution in [0.15, 0.2) is 6.20 Å². The molecule has 7 heteroatoms. The molecule has 26 heavy (non-hydrogen) atoms. The lowest BCUT2D eigenvalue weighted by atomic mass is 9.81. The van der Waals surface area contributed by atoms with E-state index in [1.54, 1.807) is 6.20 Å². The van der Waals surface area contributed by atoms with Crippen molar-refractivity contribution in [1.82, 2.24) is 25.1 Å². The summed E-state index contributed by atoms with van der Waals surface area (Å²) in [6, 6.07) is 0. The second-order valence-corrected chi connectivity index (χ2v) is 8.83. The molecule has 2 aromatic heterocycles. The Kier molecular flexibility index (Phi) is 4.50. The highest BCUT2D eigenvalue weighted by Gasteiger charge is 2.30. The van der Waals surface area contributed by atoms with Gasteiger partial charge in [0.05, 0.1) is 17.1 Å². The molecule has 2 fully saturated rings. The number of nitrogens with zero attached hydrogens (tertiary/aromatic N) is 5. The van der Waals surface area contributed by atoms with Gasteiger partial charge in [0.2, 0.25) is 5.95 Å². The molecule has 0 amide bonds. The minimum Gasteiger partial charge on any atom is -0.383 e. The number of aromatic nitrogens is 4. The van der Waals surface area contributed by atoms with E-state index in [-0.39, 0.29) is 5.54 Å². The normalized spacial score (nSPS) is 25.0. The van der Waals surface area contributed by atoms with Crippen LogP contribution in [0.25, 0.3) is 11.0 Å². The fourth-order valence-electron chi connectivity index (χ4n) is 4.41. The summed E-state index contributed by atoms with van der Waals surface area (Å²) >= 11 is 0. The van der Waals surface area contributed by atoms with E-state index in [9.17, 15) is 0 Å². The lowest BCUT2D eigenvalue weighted by Gasteiger charge is -2.38. The molecule has 0 spiro atoms. The number of nitrogen functional groups attached to an aromatic ring is 1. The number of fused-ring (bicyclic) bond motifs is 1. The second kappa shape index (κ2) is 6.68. The van der Waals surface area contributed by atoms with Gasteiger partial charge in [-0.1, -0.05) is 0 Å². The number of nitrogens with two attached hydrogens (primary N) is 1. The first-order valence-electron chi connectivity index (χ1n) is 9.91. The zero-order valence-electron chi connectivity index (χ0n) is 16.2. The van der Waals surface area contributed by atoms with Crippen molar-refractivity contribution in [3.63, 3.8) is 0 Å². The lowest BCUT2D eigenvalue weighted by Crippen LogP contribution is -2.43. The quantitative estimate of drug-likeness (QED) is 0.858. The summed E-state index contributed by atoms with van der Waals surface area (Å²) in [6.07, 6.45) is 6.92. The van der Waals surface area contributed by atoms with E-state index in [0.717, 1.165) is 42.5 Å². The van der Waals surface area contributed by atoms with E-state index < -0.39 is 0 Å². The minimum atomic E-state index is -0.141. The van der Waals surface area contributed by atoms with Gasteiger partial charge in [-0.2, -0.15) is 15.1 Å². The van der Waals surface area contributed by atoms with Crippen molar-refractivity contribution in [3.05, 3.63) is 6.20 Å². The Morgan fingerprint density at radius 2 is 1.96 bits per heavy atom. The summed E-state index contributed by atoms with van der Waals surface area (Å²) < 4.78 is 1.95. The summed E-state index contributed by atoms with van der Waals surface area (Å²) in [6.45, 7) is 10.7. The van der Waals surface area contributed by atoms with Gasteiger partial charge in [0.25, 0.3) is 0 Å². The molecule has 0 saturated carbocycles. The van der Waals surface area contributed by atoms with Gasteiger partial charge in [0.1, 0.15) is 5.82 Å². The van der Waals surface area contributed by atoms with Gasteiger partial charge >= 0.3 is 0 Å². The topological polar surface area (TPSA) is 84.9 Å². The Morgan fingerprint density at radius 1 is 1.15 bits per heavy atom. The van der Waals surface area contributed by atoms with Crippen LogP contribution in [0.2, 0.25) is 0 Å². The number of hydrogen-bond donors (Lipinski definition) is 2. The molecule has 2 unspecified atom stereocenters. The van der Waals surface area contributed by atoms with Crippen LogP contribution in [0.5, 0.6) is 0 Å². The largest absolute Gasteiger partial charge is 0.383 e. The summed E-state index contributed by atoms with van der Waals surface area (Å²) in [4.78, 5) is 11.8. The highest BCUT2D eigenvalue weighted by atomic mass is 15.4. The van der Waals surface area contributed by atoms with E-state index in [1.807, 2.05) is 4.68 Å². The fraction of sp³-hybridized carbons (Fsp3) is 0.737. The van der Waals surface area contributed by atoms with Gasteiger partial charge in [-0.3, -0.25) is 0 Å². The average Bonchev–Trinajstić information content (AvgIpc) is 3.07. The van der Waals surface area contributed by atoms with Crippen molar-refractivity contribution in [1.29, 1.82) is 0 Å². The Labute approximate surface area is 155 Å². The van der Waals surface area contributed by atoms with Crippen LogP contribution in [0.1, 0.15) is 46.5 Å². The average molecular weight is 358 g/mol. The molecule has 3 N–H and O–H groups in total. The first kappa shape index (κ1) is 17.5. The fourth-order valence-corrected chi connectivity index (χ4v) is 4.41.